The molecule has 2 atom stereocenters. The van der Waals surface area contributed by atoms with Crippen LogP contribution >= 0.6 is 0 Å². The number of morpholine rings is 2. The summed E-state index contributed by atoms with van der Waals surface area (Å²) in [6.45, 7) is 11.1. The van der Waals surface area contributed by atoms with Crippen LogP contribution in [0.3, 0.4) is 0 Å². The molecule has 2 unspecified atom stereocenters. The number of hydrogen-bond donors (Lipinski definition) is 2. The first-order valence-electron chi connectivity index (χ1n) is 12.5. The van der Waals surface area contributed by atoms with Crippen molar-refractivity contribution < 1.29 is 14.3 Å². The molecule has 1 amide bonds. The van der Waals surface area contributed by atoms with Gasteiger partial charge in [-0.25, -0.2) is 4.98 Å². The minimum Gasteiger partial charge on any atom is -0.379 e. The molecule has 5 rings (SSSR count). The Balaban J connectivity index is 1.47. The summed E-state index contributed by atoms with van der Waals surface area (Å²) in [5.41, 5.74) is 3.65. The van der Waals surface area contributed by atoms with E-state index in [-0.39, 0.29) is 23.6 Å². The predicted molar refractivity (Wildman–Crippen MR) is 140 cm³/mol. The third-order valence-electron chi connectivity index (χ3n) is 6.87. The number of aromatic amines is 1. The highest BCUT2D eigenvalue weighted by Crippen LogP contribution is 2.27. The number of nitrogens with one attached hydrogen (secondary N) is 2. The lowest BCUT2D eigenvalue weighted by Crippen LogP contribution is -2.48. The molecule has 36 heavy (non-hydrogen) atoms. The summed E-state index contributed by atoms with van der Waals surface area (Å²) in [6.07, 6.45) is 1.93. The number of rotatable bonds is 5. The lowest BCUT2D eigenvalue weighted by Gasteiger charge is -2.38. The molecular weight excluding hydrogens is 458 g/mol. The molecule has 0 aliphatic carbocycles. The third kappa shape index (κ3) is 5.28. The highest BCUT2D eigenvalue weighted by atomic mass is 16.5. The quantitative estimate of drug-likeness (QED) is 0.566. The maximum Gasteiger partial charge on any atom is 0.259 e. The topological polar surface area (TPSA) is 99.8 Å². The fraction of sp³-hybridized carbons (Fsp3) is 0.444. The third-order valence-corrected chi connectivity index (χ3v) is 6.87. The molecule has 4 heterocycles. The molecule has 9 heteroatoms. The molecule has 0 spiro atoms. The van der Waals surface area contributed by atoms with E-state index in [2.05, 4.69) is 27.0 Å². The molecule has 9 nitrogen and oxygen atoms in total. The predicted octanol–water partition coefficient (Wildman–Crippen LogP) is 2.93. The van der Waals surface area contributed by atoms with E-state index in [1.807, 2.05) is 38.2 Å². The van der Waals surface area contributed by atoms with Gasteiger partial charge in [-0.05, 0) is 56.2 Å². The molecule has 1 aromatic carbocycles. The highest BCUT2D eigenvalue weighted by Gasteiger charge is 2.28. The molecule has 2 aromatic heterocycles. The van der Waals surface area contributed by atoms with Gasteiger partial charge < -0.3 is 24.7 Å². The van der Waals surface area contributed by atoms with Gasteiger partial charge in [0.05, 0.1) is 37.5 Å². The summed E-state index contributed by atoms with van der Waals surface area (Å²) in [7, 11) is 0. The SMILES string of the molecule is Cc1cc(=O)[nH]c2ccc(NC(=O)c3cc(CN4CCOCC4)cnc3N3CC(C)OCC3C)cc12. The molecule has 2 N–H and O–H groups in total. The number of carbonyl (C=O) groups excluding carboxylic acids is 1. The first-order chi connectivity index (χ1) is 17.4. The minimum absolute atomic E-state index is 0.0533. The second kappa shape index (κ2) is 10.4. The maximum absolute atomic E-state index is 13.7. The minimum atomic E-state index is -0.214. The smallest absolute Gasteiger partial charge is 0.259 e. The number of aryl methyl sites for hydroxylation is 1. The van der Waals surface area contributed by atoms with Gasteiger partial charge in [-0.2, -0.15) is 0 Å². The van der Waals surface area contributed by atoms with Gasteiger partial charge in [0.25, 0.3) is 5.91 Å². The van der Waals surface area contributed by atoms with Gasteiger partial charge in [0.1, 0.15) is 5.82 Å². The number of fused-ring (bicyclic) bond motifs is 1. The number of nitrogens with zero attached hydrogens (tertiary/aromatic N) is 3. The van der Waals surface area contributed by atoms with Crippen LogP contribution in [0.5, 0.6) is 0 Å². The van der Waals surface area contributed by atoms with Crippen molar-refractivity contribution in [3.63, 3.8) is 0 Å². The van der Waals surface area contributed by atoms with Crippen LogP contribution in [-0.2, 0) is 16.0 Å². The molecule has 2 aliphatic heterocycles. The number of hydrogen-bond acceptors (Lipinski definition) is 7. The van der Waals surface area contributed by atoms with Crippen molar-refractivity contribution in [3.8, 4) is 0 Å². The Hall–Kier alpha value is -3.27. The van der Waals surface area contributed by atoms with Gasteiger partial charge in [-0.15, -0.1) is 0 Å². The molecule has 0 radical (unpaired) electrons. The van der Waals surface area contributed by atoms with Crippen LogP contribution in [0.1, 0.15) is 35.3 Å². The van der Waals surface area contributed by atoms with Crippen LogP contribution in [-0.4, -0.2) is 72.4 Å². The normalized spacial score (nSPS) is 21.0. The molecular formula is C27H33N5O4. The number of aromatic nitrogens is 2. The van der Waals surface area contributed by atoms with Crippen LogP contribution in [0, 0.1) is 6.92 Å². The zero-order valence-corrected chi connectivity index (χ0v) is 21.0. The van der Waals surface area contributed by atoms with E-state index < -0.39 is 0 Å². The van der Waals surface area contributed by atoms with Crippen molar-refractivity contribution in [2.75, 3.05) is 49.7 Å². The van der Waals surface area contributed by atoms with Gasteiger partial charge in [0, 0.05) is 55.0 Å². The van der Waals surface area contributed by atoms with Gasteiger partial charge in [0.15, 0.2) is 0 Å². The Bertz CT molecular complexity index is 1320. The van der Waals surface area contributed by atoms with Crippen molar-refractivity contribution in [1.82, 2.24) is 14.9 Å². The first-order valence-corrected chi connectivity index (χ1v) is 12.5. The Morgan fingerprint density at radius 2 is 2.00 bits per heavy atom. The summed E-state index contributed by atoms with van der Waals surface area (Å²) in [4.78, 5) is 37.6. The Kier molecular flexibility index (Phi) is 7.04. The van der Waals surface area contributed by atoms with Crippen molar-refractivity contribution in [3.05, 3.63) is 63.6 Å². The maximum atomic E-state index is 13.7. The highest BCUT2D eigenvalue weighted by molar-refractivity contribution is 6.08. The van der Waals surface area contributed by atoms with E-state index in [1.165, 1.54) is 0 Å². The fourth-order valence-corrected chi connectivity index (χ4v) is 4.90. The van der Waals surface area contributed by atoms with E-state index in [0.29, 0.717) is 50.0 Å². The number of benzene rings is 1. The Morgan fingerprint density at radius 3 is 2.81 bits per heavy atom. The van der Waals surface area contributed by atoms with Crippen LogP contribution in [0.2, 0.25) is 0 Å². The van der Waals surface area contributed by atoms with Crippen molar-refractivity contribution in [2.45, 2.75) is 39.5 Å². The summed E-state index contributed by atoms with van der Waals surface area (Å²) in [5.74, 6) is 0.455. The summed E-state index contributed by atoms with van der Waals surface area (Å²) < 4.78 is 11.3. The molecule has 190 valence electrons. The summed E-state index contributed by atoms with van der Waals surface area (Å²) in [5, 5.41) is 3.96. The van der Waals surface area contributed by atoms with Crippen molar-refractivity contribution in [2.24, 2.45) is 0 Å². The molecule has 0 bridgehead atoms. The monoisotopic (exact) mass is 491 g/mol. The van der Waals surface area contributed by atoms with Crippen LogP contribution in [0.4, 0.5) is 11.5 Å². The Labute approximate surface area is 210 Å². The number of amides is 1. The first kappa shape index (κ1) is 24.4. The van der Waals surface area contributed by atoms with E-state index in [1.54, 1.807) is 12.1 Å². The van der Waals surface area contributed by atoms with E-state index in [4.69, 9.17) is 14.5 Å². The number of pyridine rings is 2. The van der Waals surface area contributed by atoms with E-state index in [9.17, 15) is 9.59 Å². The van der Waals surface area contributed by atoms with Gasteiger partial charge in [-0.3, -0.25) is 14.5 Å². The number of anilines is 2. The zero-order chi connectivity index (χ0) is 25.2. The average molecular weight is 492 g/mol. The molecule has 2 fully saturated rings. The van der Waals surface area contributed by atoms with Crippen molar-refractivity contribution >= 4 is 28.3 Å². The van der Waals surface area contributed by atoms with Crippen molar-refractivity contribution in [1.29, 1.82) is 0 Å². The standard InChI is InChI=1S/C27H33N5O4/c1-17-10-25(33)30-24-5-4-21(12-22(17)24)29-27(34)23-11-20(15-31-6-8-35-9-7-31)13-28-26(23)32-14-19(3)36-16-18(32)2/h4-5,10-13,18-19H,6-9,14-16H2,1-3H3,(H,29,34)(H,30,33). The van der Waals surface area contributed by atoms with Crippen LogP contribution in [0.15, 0.2) is 41.3 Å². The van der Waals surface area contributed by atoms with Crippen LogP contribution in [0.25, 0.3) is 10.9 Å². The number of ether oxygens (including phenoxy) is 2. The van der Waals surface area contributed by atoms with E-state index >= 15 is 0 Å². The fourth-order valence-electron chi connectivity index (χ4n) is 4.90. The molecule has 0 saturated carbocycles. The zero-order valence-electron chi connectivity index (χ0n) is 21.0. The molecule has 2 saturated heterocycles. The van der Waals surface area contributed by atoms with Gasteiger partial charge in [-0.1, -0.05) is 0 Å². The number of carbonyl (C=O) groups is 1. The lowest BCUT2D eigenvalue weighted by molar-refractivity contribution is 0.0336. The summed E-state index contributed by atoms with van der Waals surface area (Å²) in [6, 6.07) is 9.14. The largest absolute Gasteiger partial charge is 0.379 e. The second-order valence-corrected chi connectivity index (χ2v) is 9.78. The van der Waals surface area contributed by atoms with E-state index in [0.717, 1.165) is 35.1 Å². The van der Waals surface area contributed by atoms with Gasteiger partial charge in [0.2, 0.25) is 5.56 Å². The molecule has 2 aliphatic rings. The Morgan fingerprint density at radius 1 is 1.19 bits per heavy atom. The number of H-pyrrole nitrogens is 1. The van der Waals surface area contributed by atoms with Gasteiger partial charge >= 0.3 is 0 Å². The average Bonchev–Trinajstić information content (AvgIpc) is 2.86. The molecule has 3 aromatic rings. The van der Waals surface area contributed by atoms with Crippen LogP contribution < -0.4 is 15.8 Å². The second-order valence-electron chi connectivity index (χ2n) is 9.78. The lowest BCUT2D eigenvalue weighted by atomic mass is 10.1. The summed E-state index contributed by atoms with van der Waals surface area (Å²) >= 11 is 0.